The molecule has 0 radical (unpaired) electrons. The largest absolute Gasteiger partial charge is 0.129 e. The molecule has 2 aliphatic carbocycles. The molecule has 0 spiro atoms. The van der Waals surface area contributed by atoms with Gasteiger partial charge in [0.25, 0.3) is 0 Å². The highest BCUT2D eigenvalue weighted by atomic mass is 14.3. The van der Waals surface area contributed by atoms with Crippen LogP contribution in [0.25, 0.3) is 0 Å². The van der Waals surface area contributed by atoms with Crippen LogP contribution >= 0.6 is 0 Å². The van der Waals surface area contributed by atoms with Crippen molar-refractivity contribution in [3.8, 4) is 0 Å². The number of allylic oxidation sites excluding steroid dienone is 1. The topological polar surface area (TPSA) is 0 Å². The van der Waals surface area contributed by atoms with Gasteiger partial charge < -0.3 is 0 Å². The van der Waals surface area contributed by atoms with Crippen molar-refractivity contribution in [1.82, 2.24) is 0 Å². The number of hydrogen-bond donors (Lipinski definition) is 0. The molecule has 36 valence electrons. The van der Waals surface area contributed by atoms with Crippen LogP contribution in [0.15, 0.2) is 17.9 Å². The van der Waals surface area contributed by atoms with Gasteiger partial charge in [-0.25, -0.2) is 0 Å². The summed E-state index contributed by atoms with van der Waals surface area (Å²) < 4.78 is 0. The molecule has 0 aromatic rings. The van der Waals surface area contributed by atoms with Gasteiger partial charge in [0.2, 0.25) is 0 Å². The van der Waals surface area contributed by atoms with E-state index in [0.717, 1.165) is 11.8 Å². The lowest BCUT2D eigenvalue weighted by molar-refractivity contribution is 0.296. The number of fused-ring (bicyclic) bond motifs is 1. The molecule has 0 heteroatoms. The molecule has 2 aliphatic rings. The fraction of sp³-hybridized carbons (Fsp3) is 0.571. The molecule has 7 heavy (non-hydrogen) atoms. The minimum Gasteiger partial charge on any atom is -0.129 e. The zero-order valence-corrected chi connectivity index (χ0v) is 4.22. The maximum Gasteiger partial charge on any atom is -0.00883 e. The van der Waals surface area contributed by atoms with Crippen molar-refractivity contribution in [1.29, 1.82) is 0 Å². The van der Waals surface area contributed by atoms with E-state index >= 15 is 0 Å². The van der Waals surface area contributed by atoms with Crippen LogP contribution < -0.4 is 0 Å². The molecule has 2 rings (SSSR count). The summed E-state index contributed by atoms with van der Waals surface area (Å²) in [6.07, 6.45) is 7.23. The minimum absolute atomic E-state index is 0.903. The summed E-state index contributed by atoms with van der Waals surface area (Å²) in [6.45, 7) is 0. The Kier molecular flexibility index (Phi) is 0.511. The Morgan fingerprint density at radius 3 is 2.00 bits per heavy atom. The number of hydrogen-bond acceptors (Lipinski definition) is 0. The molecule has 0 aromatic carbocycles. The Bertz CT molecular complexity index is 124. The van der Waals surface area contributed by atoms with Gasteiger partial charge >= 0.3 is 0 Å². The van der Waals surface area contributed by atoms with Crippen molar-refractivity contribution < 1.29 is 0 Å². The van der Waals surface area contributed by atoms with Gasteiger partial charge in [0.15, 0.2) is 0 Å². The molecule has 0 saturated heterocycles. The van der Waals surface area contributed by atoms with Crippen LogP contribution in [0.1, 0.15) is 12.8 Å². The third-order valence-corrected chi connectivity index (χ3v) is 2.00. The Balaban J connectivity index is 2.26. The summed E-state index contributed by atoms with van der Waals surface area (Å²) in [4.78, 5) is 0. The standard InChI is InChI=1S/C7H8/c1-2-6-4-5-7(6)3-1/h2-3,6-7H,4-5H2. The molecular weight excluding hydrogens is 84.1 g/mol. The van der Waals surface area contributed by atoms with Gasteiger partial charge in [0.05, 0.1) is 0 Å². The van der Waals surface area contributed by atoms with Crippen molar-refractivity contribution in [2.24, 2.45) is 11.8 Å². The first-order valence-corrected chi connectivity index (χ1v) is 2.89. The van der Waals surface area contributed by atoms with Crippen molar-refractivity contribution in [3.05, 3.63) is 17.9 Å². The summed E-state index contributed by atoms with van der Waals surface area (Å²) in [7, 11) is 0. The zero-order valence-electron chi connectivity index (χ0n) is 4.22. The molecule has 2 atom stereocenters. The highest BCUT2D eigenvalue weighted by Gasteiger charge is 2.28. The van der Waals surface area contributed by atoms with Crippen molar-refractivity contribution in [2.75, 3.05) is 0 Å². The molecule has 1 fully saturated rings. The fourth-order valence-electron chi connectivity index (χ4n) is 1.27. The van der Waals surface area contributed by atoms with Crippen LogP contribution in [0, 0.1) is 11.8 Å². The van der Waals surface area contributed by atoms with Crippen molar-refractivity contribution in [3.63, 3.8) is 0 Å². The van der Waals surface area contributed by atoms with E-state index in [4.69, 9.17) is 0 Å². The molecule has 2 unspecified atom stereocenters. The zero-order chi connectivity index (χ0) is 4.69. The normalized spacial score (nSPS) is 43.4. The van der Waals surface area contributed by atoms with Crippen molar-refractivity contribution in [2.45, 2.75) is 12.8 Å². The van der Waals surface area contributed by atoms with E-state index in [0.29, 0.717) is 0 Å². The number of rotatable bonds is 0. The summed E-state index contributed by atoms with van der Waals surface area (Å²) >= 11 is 0. The van der Waals surface area contributed by atoms with E-state index in [-0.39, 0.29) is 0 Å². The van der Waals surface area contributed by atoms with E-state index in [2.05, 4.69) is 17.9 Å². The second kappa shape index (κ2) is 1.02. The van der Waals surface area contributed by atoms with Gasteiger partial charge in [-0.3, -0.25) is 0 Å². The first-order chi connectivity index (χ1) is 3.47. The average molecular weight is 92.1 g/mol. The predicted molar refractivity (Wildman–Crippen MR) is 28.9 cm³/mol. The van der Waals surface area contributed by atoms with Crippen molar-refractivity contribution >= 4 is 0 Å². The lowest BCUT2D eigenvalue weighted by atomic mass is 9.77. The third-order valence-electron chi connectivity index (χ3n) is 2.00. The minimum atomic E-state index is 0.903. The molecule has 0 aliphatic heterocycles. The molecular formula is C7H8. The molecule has 0 amide bonds. The van der Waals surface area contributed by atoms with Gasteiger partial charge in [-0.15, -0.1) is 5.73 Å². The SMILES string of the molecule is C1=CC2CCC2C=1. The van der Waals surface area contributed by atoms with E-state index in [1.54, 1.807) is 0 Å². The van der Waals surface area contributed by atoms with Crippen LogP contribution in [-0.4, -0.2) is 0 Å². The Labute approximate surface area is 43.5 Å². The first kappa shape index (κ1) is 3.51. The quantitative estimate of drug-likeness (QED) is 0.399. The summed E-state index contributed by atoms with van der Waals surface area (Å²) in [5, 5.41) is 0. The van der Waals surface area contributed by atoms with Gasteiger partial charge in [0, 0.05) is 0 Å². The monoisotopic (exact) mass is 92.1 g/mol. The average Bonchev–Trinajstić information content (AvgIpc) is 1.85. The fourth-order valence-corrected chi connectivity index (χ4v) is 1.27. The van der Waals surface area contributed by atoms with Gasteiger partial charge in [-0.05, 0) is 36.8 Å². The summed E-state index contributed by atoms with van der Waals surface area (Å²) in [5.74, 6) is 1.81. The molecule has 0 N–H and O–H groups in total. The summed E-state index contributed by atoms with van der Waals surface area (Å²) in [5.41, 5.74) is 3.13. The van der Waals surface area contributed by atoms with Crippen LogP contribution in [0.5, 0.6) is 0 Å². The highest BCUT2D eigenvalue weighted by molar-refractivity contribution is 5.10. The Morgan fingerprint density at radius 2 is 1.71 bits per heavy atom. The van der Waals surface area contributed by atoms with Crippen LogP contribution in [0.4, 0.5) is 0 Å². The summed E-state index contributed by atoms with van der Waals surface area (Å²) in [6, 6.07) is 0. The second-order valence-electron chi connectivity index (χ2n) is 2.41. The second-order valence-corrected chi connectivity index (χ2v) is 2.41. The van der Waals surface area contributed by atoms with E-state index in [1.165, 1.54) is 12.8 Å². The molecule has 0 heterocycles. The van der Waals surface area contributed by atoms with Crippen LogP contribution in [0.3, 0.4) is 0 Å². The van der Waals surface area contributed by atoms with Gasteiger partial charge in [0.1, 0.15) is 0 Å². The van der Waals surface area contributed by atoms with Crippen LogP contribution in [-0.2, 0) is 0 Å². The van der Waals surface area contributed by atoms with E-state index in [1.807, 2.05) is 0 Å². The maximum atomic E-state index is 3.13. The van der Waals surface area contributed by atoms with E-state index in [9.17, 15) is 0 Å². The Hall–Kier alpha value is -0.480. The molecule has 0 aromatic heterocycles. The smallest absolute Gasteiger partial charge is 0.00883 e. The molecule has 0 bridgehead atoms. The third kappa shape index (κ3) is 0.324. The van der Waals surface area contributed by atoms with Gasteiger partial charge in [-0.2, -0.15) is 0 Å². The highest BCUT2D eigenvalue weighted by Crippen LogP contribution is 2.38. The first-order valence-electron chi connectivity index (χ1n) is 2.89. The predicted octanol–water partition coefficient (Wildman–Crippen LogP) is 1.74. The van der Waals surface area contributed by atoms with E-state index < -0.39 is 0 Å². The van der Waals surface area contributed by atoms with Gasteiger partial charge in [-0.1, -0.05) is 0 Å². The maximum absolute atomic E-state index is 3.13. The molecule has 1 saturated carbocycles. The van der Waals surface area contributed by atoms with Crippen LogP contribution in [0.2, 0.25) is 0 Å². The molecule has 0 nitrogen and oxygen atoms in total. The Morgan fingerprint density at radius 1 is 1.14 bits per heavy atom. The lowest BCUT2D eigenvalue weighted by Crippen LogP contribution is -2.18. The lowest BCUT2D eigenvalue weighted by Gasteiger charge is -2.27.